The largest absolute Gasteiger partial charge is 0.486 e. The molecule has 2 aromatic rings. The molecule has 0 spiro atoms. The standard InChI is InChI=1S/C16H17ClN2O4/c1-8-4-11(5-9(2)15(8)17)23-7-13-18-10(3)12(6-14(20)21)16(22)19-13/h4-5H,6-7H2,1-3H3,(H,20,21)(H,18,19,22). The van der Waals surface area contributed by atoms with Gasteiger partial charge in [0.15, 0.2) is 0 Å². The number of aryl methyl sites for hydroxylation is 3. The average Bonchev–Trinajstić information content (AvgIpc) is 2.46. The Balaban J connectivity index is 2.18. The fourth-order valence-corrected chi connectivity index (χ4v) is 2.35. The van der Waals surface area contributed by atoms with Gasteiger partial charge in [0.05, 0.1) is 6.42 Å². The van der Waals surface area contributed by atoms with Gasteiger partial charge in [-0.1, -0.05) is 11.6 Å². The second kappa shape index (κ2) is 6.83. The number of carboxylic acids is 1. The molecule has 0 saturated carbocycles. The van der Waals surface area contributed by atoms with E-state index in [2.05, 4.69) is 9.97 Å². The second-order valence-electron chi connectivity index (χ2n) is 5.31. The molecule has 6 nitrogen and oxygen atoms in total. The van der Waals surface area contributed by atoms with Crippen molar-refractivity contribution in [2.45, 2.75) is 33.8 Å². The van der Waals surface area contributed by atoms with E-state index < -0.39 is 11.5 Å². The van der Waals surface area contributed by atoms with Gasteiger partial charge in [-0.3, -0.25) is 9.59 Å². The van der Waals surface area contributed by atoms with Crippen LogP contribution in [0, 0.1) is 20.8 Å². The Morgan fingerprint density at radius 2 is 1.91 bits per heavy atom. The van der Waals surface area contributed by atoms with Crippen LogP contribution in [0.1, 0.15) is 28.2 Å². The van der Waals surface area contributed by atoms with Crippen molar-refractivity contribution < 1.29 is 14.6 Å². The second-order valence-corrected chi connectivity index (χ2v) is 5.68. The van der Waals surface area contributed by atoms with Gasteiger partial charge in [-0.2, -0.15) is 0 Å². The topological polar surface area (TPSA) is 92.3 Å². The lowest BCUT2D eigenvalue weighted by Gasteiger charge is -2.10. The van der Waals surface area contributed by atoms with E-state index in [-0.39, 0.29) is 18.6 Å². The predicted octanol–water partition coefficient (Wildman–Crippen LogP) is 2.55. The minimum atomic E-state index is -1.07. The number of rotatable bonds is 5. The number of carboxylic acid groups (broad SMARTS) is 1. The van der Waals surface area contributed by atoms with Crippen molar-refractivity contribution >= 4 is 17.6 Å². The zero-order valence-electron chi connectivity index (χ0n) is 13.1. The van der Waals surface area contributed by atoms with Gasteiger partial charge in [-0.15, -0.1) is 0 Å². The zero-order chi connectivity index (χ0) is 17.1. The molecule has 0 bridgehead atoms. The summed E-state index contributed by atoms with van der Waals surface area (Å²) in [5, 5.41) is 9.49. The summed E-state index contributed by atoms with van der Waals surface area (Å²) in [4.78, 5) is 29.4. The summed E-state index contributed by atoms with van der Waals surface area (Å²) < 4.78 is 5.63. The lowest BCUT2D eigenvalue weighted by atomic mass is 10.1. The number of aromatic nitrogens is 2. The van der Waals surface area contributed by atoms with Gasteiger partial charge in [0.2, 0.25) is 0 Å². The van der Waals surface area contributed by atoms with E-state index in [1.807, 2.05) is 13.8 Å². The number of ether oxygens (including phenoxy) is 1. The highest BCUT2D eigenvalue weighted by Crippen LogP contribution is 2.26. The number of hydrogen-bond acceptors (Lipinski definition) is 4. The molecule has 0 aliphatic rings. The molecule has 0 atom stereocenters. The Bertz CT molecular complexity index is 791. The summed E-state index contributed by atoms with van der Waals surface area (Å²) >= 11 is 6.10. The van der Waals surface area contributed by atoms with Crippen LogP contribution in [0.25, 0.3) is 0 Å². The summed E-state index contributed by atoms with van der Waals surface area (Å²) in [6.45, 7) is 5.44. The average molecular weight is 337 g/mol. The summed E-state index contributed by atoms with van der Waals surface area (Å²) in [5.41, 5.74) is 1.88. The molecule has 1 aromatic heterocycles. The SMILES string of the molecule is Cc1cc(OCc2nc(C)c(CC(=O)O)c(=O)[nH]2)cc(C)c1Cl. The number of carbonyl (C=O) groups is 1. The van der Waals surface area contributed by atoms with Crippen LogP contribution in [-0.2, 0) is 17.8 Å². The Hall–Kier alpha value is -2.34. The molecule has 23 heavy (non-hydrogen) atoms. The van der Waals surface area contributed by atoms with Crippen molar-refractivity contribution in [2.24, 2.45) is 0 Å². The molecule has 0 amide bonds. The molecule has 0 unspecified atom stereocenters. The summed E-state index contributed by atoms with van der Waals surface area (Å²) in [5.74, 6) is -0.109. The van der Waals surface area contributed by atoms with E-state index in [0.29, 0.717) is 22.3 Å². The molecule has 2 N–H and O–H groups in total. The summed E-state index contributed by atoms with van der Waals surface area (Å²) in [6.07, 6.45) is -0.356. The molecule has 122 valence electrons. The van der Waals surface area contributed by atoms with Crippen LogP contribution in [0.5, 0.6) is 5.75 Å². The number of benzene rings is 1. The maximum absolute atomic E-state index is 11.9. The molecular weight excluding hydrogens is 320 g/mol. The molecule has 1 aromatic carbocycles. The highest BCUT2D eigenvalue weighted by Gasteiger charge is 2.12. The number of aliphatic carboxylic acids is 1. The van der Waals surface area contributed by atoms with Gasteiger partial charge >= 0.3 is 5.97 Å². The number of hydrogen-bond donors (Lipinski definition) is 2. The van der Waals surface area contributed by atoms with Crippen molar-refractivity contribution in [1.82, 2.24) is 9.97 Å². The first-order valence-corrected chi connectivity index (χ1v) is 7.35. The highest BCUT2D eigenvalue weighted by molar-refractivity contribution is 6.32. The molecule has 0 fully saturated rings. The number of halogens is 1. The third-order valence-corrected chi connectivity index (χ3v) is 3.98. The van der Waals surface area contributed by atoms with Crippen LogP contribution in [0.3, 0.4) is 0 Å². The van der Waals surface area contributed by atoms with Gasteiger partial charge in [-0.05, 0) is 44.0 Å². The lowest BCUT2D eigenvalue weighted by molar-refractivity contribution is -0.136. The predicted molar refractivity (Wildman–Crippen MR) is 86.2 cm³/mol. The molecule has 1 heterocycles. The molecule has 0 saturated heterocycles. The van der Waals surface area contributed by atoms with E-state index in [4.69, 9.17) is 21.4 Å². The molecule has 7 heteroatoms. The monoisotopic (exact) mass is 336 g/mol. The Kier molecular flexibility index (Phi) is 5.05. The van der Waals surface area contributed by atoms with Crippen molar-refractivity contribution in [2.75, 3.05) is 0 Å². The zero-order valence-corrected chi connectivity index (χ0v) is 13.8. The molecule has 2 rings (SSSR count). The normalized spacial score (nSPS) is 10.6. The third kappa shape index (κ3) is 4.10. The molecule has 0 aliphatic carbocycles. The minimum Gasteiger partial charge on any atom is -0.486 e. The van der Waals surface area contributed by atoms with Crippen LogP contribution in [0.4, 0.5) is 0 Å². The fourth-order valence-electron chi connectivity index (χ4n) is 2.24. The van der Waals surface area contributed by atoms with E-state index in [1.165, 1.54) is 0 Å². The first-order chi connectivity index (χ1) is 10.8. The van der Waals surface area contributed by atoms with Crippen molar-refractivity contribution in [3.63, 3.8) is 0 Å². The van der Waals surface area contributed by atoms with Crippen molar-refractivity contribution in [1.29, 1.82) is 0 Å². The summed E-state index contributed by atoms with van der Waals surface area (Å²) in [6, 6.07) is 3.61. The van der Waals surface area contributed by atoms with E-state index in [9.17, 15) is 9.59 Å². The molecular formula is C16H17ClN2O4. The van der Waals surface area contributed by atoms with Crippen LogP contribution < -0.4 is 10.3 Å². The smallest absolute Gasteiger partial charge is 0.308 e. The maximum Gasteiger partial charge on any atom is 0.308 e. The Morgan fingerprint density at radius 1 is 1.30 bits per heavy atom. The van der Waals surface area contributed by atoms with Crippen LogP contribution in [0.15, 0.2) is 16.9 Å². The van der Waals surface area contributed by atoms with Gasteiger partial charge < -0.3 is 14.8 Å². The molecule has 0 aliphatic heterocycles. The van der Waals surface area contributed by atoms with Crippen LogP contribution in [-0.4, -0.2) is 21.0 Å². The summed E-state index contributed by atoms with van der Waals surface area (Å²) in [7, 11) is 0. The maximum atomic E-state index is 11.9. The Morgan fingerprint density at radius 3 is 2.43 bits per heavy atom. The van der Waals surface area contributed by atoms with Crippen LogP contribution in [0.2, 0.25) is 5.02 Å². The van der Waals surface area contributed by atoms with Gasteiger partial charge in [0.25, 0.3) is 5.56 Å². The highest BCUT2D eigenvalue weighted by atomic mass is 35.5. The van der Waals surface area contributed by atoms with Crippen LogP contribution >= 0.6 is 11.6 Å². The number of aromatic amines is 1. The third-order valence-electron chi connectivity index (χ3n) is 3.38. The molecule has 0 radical (unpaired) electrons. The van der Waals surface area contributed by atoms with Crippen molar-refractivity contribution in [3.8, 4) is 5.75 Å². The van der Waals surface area contributed by atoms with Gasteiger partial charge in [0.1, 0.15) is 18.2 Å². The number of H-pyrrole nitrogens is 1. The van der Waals surface area contributed by atoms with E-state index in [0.717, 1.165) is 11.1 Å². The number of nitrogens with one attached hydrogen (secondary N) is 1. The minimum absolute atomic E-state index is 0.0734. The van der Waals surface area contributed by atoms with E-state index in [1.54, 1.807) is 19.1 Å². The van der Waals surface area contributed by atoms with Gasteiger partial charge in [0, 0.05) is 16.3 Å². The first kappa shape index (κ1) is 17.0. The number of nitrogens with zero attached hydrogens (tertiary/aromatic N) is 1. The van der Waals surface area contributed by atoms with Crippen molar-refractivity contribution in [3.05, 3.63) is 55.7 Å². The lowest BCUT2D eigenvalue weighted by Crippen LogP contribution is -2.22. The fraction of sp³-hybridized carbons (Fsp3) is 0.312. The first-order valence-electron chi connectivity index (χ1n) is 6.98. The van der Waals surface area contributed by atoms with E-state index >= 15 is 0 Å². The van der Waals surface area contributed by atoms with Gasteiger partial charge in [-0.25, -0.2) is 4.98 Å². The Labute approximate surface area is 138 Å². The quantitative estimate of drug-likeness (QED) is 0.875.